The van der Waals surface area contributed by atoms with Crippen LogP contribution in [0, 0.1) is 0 Å². The lowest BCUT2D eigenvalue weighted by Gasteiger charge is -2.24. The molecule has 20 heavy (non-hydrogen) atoms. The van der Waals surface area contributed by atoms with Gasteiger partial charge in [-0.25, -0.2) is 0 Å². The van der Waals surface area contributed by atoms with E-state index < -0.39 is 0 Å². The smallest absolute Gasteiger partial charge is 0.266 e. The molecule has 1 aliphatic heterocycles. The first-order chi connectivity index (χ1) is 9.83. The minimum Gasteiger partial charge on any atom is -0.383 e. The summed E-state index contributed by atoms with van der Waals surface area (Å²) in [6.45, 7) is 6.79. The van der Waals surface area contributed by atoms with Crippen molar-refractivity contribution in [2.75, 3.05) is 51.5 Å². The summed E-state index contributed by atoms with van der Waals surface area (Å²) in [6.07, 6.45) is 1.77. The topological polar surface area (TPSA) is 72.7 Å². The Morgan fingerprint density at radius 1 is 1.40 bits per heavy atom. The lowest BCUT2D eigenvalue weighted by Crippen LogP contribution is -2.37. The van der Waals surface area contributed by atoms with Crippen LogP contribution in [0.2, 0.25) is 0 Å². The fourth-order valence-electron chi connectivity index (χ4n) is 2.17. The molecular weight excluding hydrogens is 260 g/mol. The summed E-state index contributed by atoms with van der Waals surface area (Å²) in [7, 11) is 1.70. The van der Waals surface area contributed by atoms with E-state index in [1.54, 1.807) is 7.11 Å². The Balaban J connectivity index is 1.89. The number of hydrogen-bond acceptors (Lipinski definition) is 7. The van der Waals surface area contributed by atoms with Gasteiger partial charge in [0, 0.05) is 32.7 Å². The van der Waals surface area contributed by atoms with Gasteiger partial charge in [0.25, 0.3) is 5.95 Å². The first kappa shape index (κ1) is 15.2. The normalized spacial score (nSPS) is 17.4. The van der Waals surface area contributed by atoms with Gasteiger partial charge in [-0.05, 0) is 18.1 Å². The van der Waals surface area contributed by atoms with Crippen LogP contribution >= 0.6 is 0 Å². The van der Waals surface area contributed by atoms with E-state index in [1.807, 2.05) is 0 Å². The second-order valence-electron chi connectivity index (χ2n) is 4.90. The van der Waals surface area contributed by atoms with Gasteiger partial charge in [-0.3, -0.25) is 0 Å². The monoisotopic (exact) mass is 284 g/mol. The number of methoxy groups -OCH3 is 1. The zero-order chi connectivity index (χ0) is 14.2. The molecule has 0 radical (unpaired) electrons. The number of nitrogens with one attached hydrogen (secondary N) is 1. The average molecular weight is 284 g/mol. The molecule has 2 rings (SSSR count). The lowest BCUT2D eigenvalue weighted by molar-refractivity contribution is 0.121. The SMILES string of the molecule is CCCNC(COC)Cc1nc(N2CCOCC2)no1. The maximum Gasteiger partial charge on any atom is 0.266 e. The number of morpholine rings is 1. The number of hydrogen-bond donors (Lipinski definition) is 1. The van der Waals surface area contributed by atoms with E-state index >= 15 is 0 Å². The van der Waals surface area contributed by atoms with Gasteiger partial charge in [-0.2, -0.15) is 4.98 Å². The molecule has 1 N–H and O–H groups in total. The van der Waals surface area contributed by atoms with E-state index in [0.29, 0.717) is 38.1 Å². The molecule has 1 fully saturated rings. The van der Waals surface area contributed by atoms with Gasteiger partial charge in [0.15, 0.2) is 0 Å². The number of ether oxygens (including phenoxy) is 2. The van der Waals surface area contributed by atoms with Gasteiger partial charge in [0.1, 0.15) is 0 Å². The van der Waals surface area contributed by atoms with Gasteiger partial charge in [-0.15, -0.1) is 0 Å². The Kier molecular flexibility index (Phi) is 6.23. The van der Waals surface area contributed by atoms with Crippen LogP contribution in [0.15, 0.2) is 4.52 Å². The summed E-state index contributed by atoms with van der Waals surface area (Å²) in [4.78, 5) is 6.55. The van der Waals surface area contributed by atoms with Crippen molar-refractivity contribution in [3.63, 3.8) is 0 Å². The molecule has 1 atom stereocenters. The third-order valence-electron chi connectivity index (χ3n) is 3.22. The highest BCUT2D eigenvalue weighted by atomic mass is 16.5. The maximum absolute atomic E-state index is 5.34. The average Bonchev–Trinajstić information content (AvgIpc) is 2.94. The van der Waals surface area contributed by atoms with Crippen molar-refractivity contribution in [2.24, 2.45) is 0 Å². The zero-order valence-corrected chi connectivity index (χ0v) is 12.3. The Morgan fingerprint density at radius 3 is 2.90 bits per heavy atom. The van der Waals surface area contributed by atoms with Gasteiger partial charge < -0.3 is 24.2 Å². The minimum absolute atomic E-state index is 0.206. The summed E-state index contributed by atoms with van der Waals surface area (Å²) >= 11 is 0. The number of rotatable bonds is 8. The second kappa shape index (κ2) is 8.18. The minimum atomic E-state index is 0.206. The first-order valence-electron chi connectivity index (χ1n) is 7.21. The van der Waals surface area contributed by atoms with Crippen molar-refractivity contribution in [1.29, 1.82) is 0 Å². The zero-order valence-electron chi connectivity index (χ0n) is 12.3. The summed E-state index contributed by atoms with van der Waals surface area (Å²) < 4.78 is 15.9. The van der Waals surface area contributed by atoms with Crippen LogP contribution in [0.1, 0.15) is 19.2 Å². The van der Waals surface area contributed by atoms with Gasteiger partial charge in [0.05, 0.1) is 19.8 Å². The Hall–Kier alpha value is -1.18. The Labute approximate surface area is 119 Å². The molecule has 0 spiro atoms. The Morgan fingerprint density at radius 2 is 2.20 bits per heavy atom. The summed E-state index contributed by atoms with van der Waals surface area (Å²) in [5.74, 6) is 1.31. The quantitative estimate of drug-likeness (QED) is 0.743. The van der Waals surface area contributed by atoms with Crippen molar-refractivity contribution in [1.82, 2.24) is 15.5 Å². The highest BCUT2D eigenvalue weighted by Gasteiger charge is 2.19. The van der Waals surface area contributed by atoms with Crippen molar-refractivity contribution >= 4 is 5.95 Å². The lowest BCUT2D eigenvalue weighted by atomic mass is 10.2. The fourth-order valence-corrected chi connectivity index (χ4v) is 2.17. The third kappa shape index (κ3) is 4.43. The van der Waals surface area contributed by atoms with Gasteiger partial charge >= 0.3 is 0 Å². The van der Waals surface area contributed by atoms with Crippen LogP contribution in [0.4, 0.5) is 5.95 Å². The second-order valence-corrected chi connectivity index (χ2v) is 4.90. The van der Waals surface area contributed by atoms with Crippen LogP contribution in [0.25, 0.3) is 0 Å². The number of anilines is 1. The molecule has 0 aliphatic carbocycles. The van der Waals surface area contributed by atoms with Gasteiger partial charge in [0.2, 0.25) is 5.89 Å². The highest BCUT2D eigenvalue weighted by molar-refractivity contribution is 5.28. The van der Waals surface area contributed by atoms with Crippen molar-refractivity contribution in [3.8, 4) is 0 Å². The maximum atomic E-state index is 5.34. The standard InChI is InChI=1S/C13H24N4O3/c1-3-4-14-11(10-18-2)9-12-15-13(16-20-12)17-5-7-19-8-6-17/h11,14H,3-10H2,1-2H3. The molecule has 7 nitrogen and oxygen atoms in total. The number of aromatic nitrogens is 2. The van der Waals surface area contributed by atoms with E-state index in [-0.39, 0.29) is 6.04 Å². The van der Waals surface area contributed by atoms with E-state index in [4.69, 9.17) is 14.0 Å². The molecular formula is C13H24N4O3. The van der Waals surface area contributed by atoms with Crippen LogP contribution in [-0.4, -0.2) is 62.7 Å². The molecule has 1 aliphatic rings. The Bertz CT molecular complexity index is 379. The van der Waals surface area contributed by atoms with E-state index in [0.717, 1.165) is 26.1 Å². The molecule has 7 heteroatoms. The van der Waals surface area contributed by atoms with Crippen molar-refractivity contribution in [2.45, 2.75) is 25.8 Å². The molecule has 114 valence electrons. The molecule has 1 unspecified atom stereocenters. The first-order valence-corrected chi connectivity index (χ1v) is 7.21. The molecule has 1 aromatic rings. The van der Waals surface area contributed by atoms with Gasteiger partial charge in [-0.1, -0.05) is 6.92 Å². The van der Waals surface area contributed by atoms with Crippen LogP contribution in [-0.2, 0) is 15.9 Å². The largest absolute Gasteiger partial charge is 0.383 e. The fraction of sp³-hybridized carbons (Fsp3) is 0.846. The third-order valence-corrected chi connectivity index (χ3v) is 3.22. The molecule has 2 heterocycles. The summed E-state index contributed by atoms with van der Waals surface area (Å²) in [5, 5.41) is 7.47. The predicted molar refractivity (Wildman–Crippen MR) is 75.0 cm³/mol. The van der Waals surface area contributed by atoms with E-state index in [9.17, 15) is 0 Å². The van der Waals surface area contributed by atoms with Crippen molar-refractivity contribution < 1.29 is 14.0 Å². The van der Waals surface area contributed by atoms with E-state index in [1.165, 1.54) is 0 Å². The molecule has 0 aromatic carbocycles. The molecule has 0 bridgehead atoms. The molecule has 0 amide bonds. The van der Waals surface area contributed by atoms with Crippen LogP contribution in [0.5, 0.6) is 0 Å². The molecule has 1 aromatic heterocycles. The number of nitrogens with zero attached hydrogens (tertiary/aromatic N) is 3. The summed E-state index contributed by atoms with van der Waals surface area (Å²) in [6, 6.07) is 0.206. The van der Waals surface area contributed by atoms with Crippen LogP contribution < -0.4 is 10.2 Å². The van der Waals surface area contributed by atoms with Crippen molar-refractivity contribution in [3.05, 3.63) is 5.89 Å². The molecule has 1 saturated heterocycles. The highest BCUT2D eigenvalue weighted by Crippen LogP contribution is 2.12. The van der Waals surface area contributed by atoms with Crippen LogP contribution in [0.3, 0.4) is 0 Å². The summed E-state index contributed by atoms with van der Waals surface area (Å²) in [5.41, 5.74) is 0. The van der Waals surface area contributed by atoms with E-state index in [2.05, 4.69) is 27.3 Å². The predicted octanol–water partition coefficient (Wildman–Crippen LogP) is 0.463. The molecule has 0 saturated carbocycles.